The molecule has 2 aliphatic rings. The van der Waals surface area contributed by atoms with Crippen molar-refractivity contribution in [1.29, 1.82) is 0 Å². The van der Waals surface area contributed by atoms with E-state index in [9.17, 15) is 18.0 Å². The molecule has 1 aromatic rings. The van der Waals surface area contributed by atoms with Crippen LogP contribution in [0.25, 0.3) is 0 Å². The predicted molar refractivity (Wildman–Crippen MR) is 99.2 cm³/mol. The molecule has 1 saturated carbocycles. The number of pyridine rings is 1. The number of alkyl halides is 2. The molecule has 0 aromatic carbocycles. The fraction of sp³-hybridized carbons (Fsp3) is 0.684. The van der Waals surface area contributed by atoms with E-state index in [-0.39, 0.29) is 61.9 Å². The van der Waals surface area contributed by atoms with Crippen LogP contribution in [0.4, 0.5) is 19.0 Å². The molecule has 28 heavy (non-hydrogen) atoms. The number of carbonyl (C=O) groups is 1. The van der Waals surface area contributed by atoms with E-state index in [0.29, 0.717) is 5.56 Å². The second-order valence-electron chi connectivity index (χ2n) is 7.53. The largest absolute Gasteiger partial charge is 0.481 e. The molecule has 1 unspecified atom stereocenters. The summed E-state index contributed by atoms with van der Waals surface area (Å²) in [4.78, 5) is 18.0. The Bertz CT molecular complexity index is 701. The standard InChI is InChI=1S/C19H27F3N4O2/c1-26(13-5-7-19(21,22)8-6-13)16-14(20)10-12(18(25-16)28-2)11-24-17(27)15-4-3-9-23-15/h10,13,15,23H,3-9,11H2,1-2H3,(H,24,27). The SMILES string of the molecule is COc1nc(N(C)C2CCC(F)(F)CC2)c(F)cc1CNC(=O)C1CCCN1. The molecule has 0 spiro atoms. The molecular formula is C19H27F3N4O2. The summed E-state index contributed by atoms with van der Waals surface area (Å²) in [6.45, 7) is 0.912. The van der Waals surface area contributed by atoms with Gasteiger partial charge in [-0.15, -0.1) is 0 Å². The van der Waals surface area contributed by atoms with Gasteiger partial charge in [0.25, 0.3) is 0 Å². The number of anilines is 1. The summed E-state index contributed by atoms with van der Waals surface area (Å²) >= 11 is 0. The highest BCUT2D eigenvalue weighted by Gasteiger charge is 2.37. The van der Waals surface area contributed by atoms with Gasteiger partial charge in [0, 0.05) is 38.0 Å². The number of aromatic nitrogens is 1. The van der Waals surface area contributed by atoms with Gasteiger partial charge in [-0.25, -0.2) is 13.2 Å². The molecule has 1 aliphatic carbocycles. The first kappa shape index (κ1) is 20.7. The lowest BCUT2D eigenvalue weighted by Crippen LogP contribution is -2.40. The molecule has 156 valence electrons. The molecule has 1 atom stereocenters. The first-order valence-electron chi connectivity index (χ1n) is 9.66. The highest BCUT2D eigenvalue weighted by atomic mass is 19.3. The third-order valence-electron chi connectivity index (χ3n) is 5.59. The van der Waals surface area contributed by atoms with Gasteiger partial charge < -0.3 is 20.3 Å². The lowest BCUT2D eigenvalue weighted by atomic mass is 9.91. The number of rotatable bonds is 6. The van der Waals surface area contributed by atoms with Crippen LogP contribution in [0.1, 0.15) is 44.1 Å². The monoisotopic (exact) mass is 400 g/mol. The number of halogens is 3. The summed E-state index contributed by atoms with van der Waals surface area (Å²) in [5.41, 5.74) is 0.429. The van der Waals surface area contributed by atoms with Crippen LogP contribution in [0.15, 0.2) is 6.07 Å². The molecule has 2 N–H and O–H groups in total. The molecule has 6 nitrogen and oxygen atoms in total. The maximum absolute atomic E-state index is 14.7. The molecule has 2 fully saturated rings. The minimum absolute atomic E-state index is 0.0691. The zero-order valence-electron chi connectivity index (χ0n) is 16.2. The summed E-state index contributed by atoms with van der Waals surface area (Å²) in [7, 11) is 3.08. The van der Waals surface area contributed by atoms with Gasteiger partial charge in [-0.3, -0.25) is 4.79 Å². The molecule has 0 bridgehead atoms. The van der Waals surface area contributed by atoms with E-state index in [4.69, 9.17) is 4.74 Å². The van der Waals surface area contributed by atoms with E-state index in [1.807, 2.05) is 0 Å². The minimum Gasteiger partial charge on any atom is -0.481 e. The average molecular weight is 400 g/mol. The van der Waals surface area contributed by atoms with E-state index in [1.165, 1.54) is 13.2 Å². The number of amides is 1. The van der Waals surface area contributed by atoms with Crippen LogP contribution in [-0.2, 0) is 11.3 Å². The fourth-order valence-electron chi connectivity index (χ4n) is 3.85. The highest BCUT2D eigenvalue weighted by molar-refractivity contribution is 5.82. The Morgan fingerprint density at radius 2 is 2.11 bits per heavy atom. The van der Waals surface area contributed by atoms with E-state index < -0.39 is 11.7 Å². The van der Waals surface area contributed by atoms with Crippen molar-refractivity contribution in [2.45, 2.75) is 63.1 Å². The normalized spacial score (nSPS) is 22.1. The highest BCUT2D eigenvalue weighted by Crippen LogP contribution is 2.36. The molecule has 0 radical (unpaired) electrons. The quantitative estimate of drug-likeness (QED) is 0.769. The van der Waals surface area contributed by atoms with Crippen molar-refractivity contribution in [2.24, 2.45) is 0 Å². The van der Waals surface area contributed by atoms with Crippen molar-refractivity contribution in [2.75, 3.05) is 25.6 Å². The van der Waals surface area contributed by atoms with Crippen LogP contribution < -0.4 is 20.3 Å². The van der Waals surface area contributed by atoms with Crippen molar-refractivity contribution in [3.05, 3.63) is 17.4 Å². The summed E-state index contributed by atoms with van der Waals surface area (Å²) in [6.07, 6.45) is 1.86. The fourth-order valence-corrected chi connectivity index (χ4v) is 3.85. The Kier molecular flexibility index (Phi) is 6.32. The van der Waals surface area contributed by atoms with E-state index in [1.54, 1.807) is 11.9 Å². The lowest BCUT2D eigenvalue weighted by molar-refractivity contribution is -0.122. The van der Waals surface area contributed by atoms with E-state index >= 15 is 0 Å². The number of nitrogens with zero attached hydrogens (tertiary/aromatic N) is 2. The number of hydrogen-bond acceptors (Lipinski definition) is 5. The second-order valence-corrected chi connectivity index (χ2v) is 7.53. The van der Waals surface area contributed by atoms with Gasteiger partial charge in [0.05, 0.1) is 13.2 Å². The van der Waals surface area contributed by atoms with Crippen molar-refractivity contribution >= 4 is 11.7 Å². The summed E-state index contributed by atoms with van der Waals surface area (Å²) in [5.74, 6) is -3.06. The molecule has 9 heteroatoms. The van der Waals surface area contributed by atoms with E-state index in [0.717, 1.165) is 19.4 Å². The van der Waals surface area contributed by atoms with Crippen molar-refractivity contribution < 1.29 is 22.7 Å². The zero-order chi connectivity index (χ0) is 20.3. The van der Waals surface area contributed by atoms with Crippen molar-refractivity contribution in [3.63, 3.8) is 0 Å². The van der Waals surface area contributed by atoms with E-state index in [2.05, 4.69) is 15.6 Å². The number of methoxy groups -OCH3 is 1. The first-order valence-corrected chi connectivity index (χ1v) is 9.66. The van der Waals surface area contributed by atoms with Crippen molar-refractivity contribution in [1.82, 2.24) is 15.6 Å². The third-order valence-corrected chi connectivity index (χ3v) is 5.59. The second kappa shape index (κ2) is 8.55. The van der Waals surface area contributed by atoms with Gasteiger partial charge in [0.15, 0.2) is 11.6 Å². The van der Waals surface area contributed by atoms with Crippen molar-refractivity contribution in [3.8, 4) is 5.88 Å². The predicted octanol–water partition coefficient (Wildman–Crippen LogP) is 2.61. The Balaban J connectivity index is 1.69. The zero-order valence-corrected chi connectivity index (χ0v) is 16.2. The topological polar surface area (TPSA) is 66.5 Å². The Labute approximate surface area is 162 Å². The van der Waals surface area contributed by atoms with Crippen LogP contribution in [0, 0.1) is 5.82 Å². The maximum Gasteiger partial charge on any atom is 0.248 e. The van der Waals surface area contributed by atoms with Gasteiger partial charge in [-0.05, 0) is 38.3 Å². The van der Waals surface area contributed by atoms with Crippen LogP contribution >= 0.6 is 0 Å². The number of carbonyl (C=O) groups excluding carboxylic acids is 1. The first-order chi connectivity index (χ1) is 13.3. The Morgan fingerprint density at radius 1 is 1.39 bits per heavy atom. The van der Waals surface area contributed by atoms with Crippen LogP contribution in [0.5, 0.6) is 5.88 Å². The van der Waals surface area contributed by atoms with Crippen LogP contribution in [0.2, 0.25) is 0 Å². The number of ether oxygens (including phenoxy) is 1. The van der Waals surface area contributed by atoms with Gasteiger partial charge in [-0.1, -0.05) is 0 Å². The van der Waals surface area contributed by atoms with Crippen LogP contribution in [-0.4, -0.2) is 49.6 Å². The molecule has 1 aromatic heterocycles. The number of nitrogens with one attached hydrogen (secondary N) is 2. The summed E-state index contributed by atoms with van der Waals surface area (Å²) in [5, 5.41) is 5.88. The molecule has 1 amide bonds. The Morgan fingerprint density at radius 3 is 2.71 bits per heavy atom. The minimum atomic E-state index is -2.64. The molecule has 3 rings (SSSR count). The average Bonchev–Trinajstić information content (AvgIpc) is 3.20. The smallest absolute Gasteiger partial charge is 0.248 e. The Hall–Kier alpha value is -2.03. The lowest BCUT2D eigenvalue weighted by Gasteiger charge is -2.35. The summed E-state index contributed by atoms with van der Waals surface area (Å²) in [6, 6.07) is 0.862. The molecule has 1 saturated heterocycles. The molecule has 2 heterocycles. The summed E-state index contributed by atoms with van der Waals surface area (Å²) < 4.78 is 46.8. The van der Waals surface area contributed by atoms with Gasteiger partial charge in [-0.2, -0.15) is 4.98 Å². The number of hydrogen-bond donors (Lipinski definition) is 2. The molecular weight excluding hydrogens is 373 g/mol. The van der Waals surface area contributed by atoms with Gasteiger partial charge >= 0.3 is 0 Å². The molecule has 1 aliphatic heterocycles. The third kappa shape index (κ3) is 4.68. The maximum atomic E-state index is 14.7. The van der Waals surface area contributed by atoms with Gasteiger partial charge in [0.1, 0.15) is 0 Å². The van der Waals surface area contributed by atoms with Gasteiger partial charge in [0.2, 0.25) is 17.7 Å². The van der Waals surface area contributed by atoms with Crippen LogP contribution in [0.3, 0.4) is 0 Å².